The van der Waals surface area contributed by atoms with Crippen molar-refractivity contribution in [1.29, 1.82) is 0 Å². The number of aliphatic hydroxyl groups is 2. The van der Waals surface area contributed by atoms with Crippen LogP contribution in [-0.2, 0) is 43.3 Å². The van der Waals surface area contributed by atoms with Crippen molar-refractivity contribution in [3.63, 3.8) is 0 Å². The van der Waals surface area contributed by atoms with Crippen LogP contribution in [0.25, 0.3) is 10.8 Å². The molecule has 2 heterocycles. The van der Waals surface area contributed by atoms with Gasteiger partial charge in [0.1, 0.15) is 5.78 Å². The van der Waals surface area contributed by atoms with Crippen molar-refractivity contribution >= 4 is 16.6 Å². The molecule has 0 fully saturated rings. The highest BCUT2D eigenvalue weighted by Crippen LogP contribution is 2.39. The van der Waals surface area contributed by atoms with E-state index in [4.69, 9.17) is 9.47 Å². The van der Waals surface area contributed by atoms with Gasteiger partial charge in [-0.15, -0.1) is 0 Å². The number of benzene rings is 4. The smallest absolute Gasteiger partial charge is 0.164 e. The summed E-state index contributed by atoms with van der Waals surface area (Å²) in [5, 5.41) is 46.7. The van der Waals surface area contributed by atoms with Crippen molar-refractivity contribution in [1.82, 2.24) is 9.97 Å². The number of methoxy groups -OCH3 is 2. The Kier molecular flexibility index (Phi) is 12.1. The Labute approximate surface area is 316 Å². The van der Waals surface area contributed by atoms with Crippen molar-refractivity contribution in [2.75, 3.05) is 20.8 Å². The minimum Gasteiger partial charge on any atom is -0.504 e. The number of aromatic nitrogens is 2. The molecule has 9 nitrogen and oxygen atoms in total. The molecule has 6 aromatic rings. The maximum atomic E-state index is 14.6. The number of rotatable bonds is 18. The van der Waals surface area contributed by atoms with E-state index in [1.54, 1.807) is 37.7 Å². The van der Waals surface area contributed by atoms with Crippen molar-refractivity contribution < 1.29 is 34.7 Å². The second-order valence-corrected chi connectivity index (χ2v) is 14.3. The highest BCUT2D eigenvalue weighted by molar-refractivity contribution is 5.87. The maximum absolute atomic E-state index is 14.6. The van der Waals surface area contributed by atoms with Gasteiger partial charge < -0.3 is 39.9 Å². The number of aliphatic hydroxyl groups excluding tert-OH is 2. The van der Waals surface area contributed by atoms with E-state index in [1.165, 1.54) is 18.7 Å². The summed E-state index contributed by atoms with van der Waals surface area (Å²) in [6.45, 7) is 1.69. The molecular weight excluding hydrogens is 681 g/mol. The fourth-order valence-corrected chi connectivity index (χ4v) is 7.90. The van der Waals surface area contributed by atoms with Gasteiger partial charge in [0.05, 0.1) is 32.3 Å². The molecule has 0 aliphatic rings. The topological polar surface area (TPSA) is 148 Å². The number of Topliss-reactive ketones (excluding diaryl/α,β-unsaturated/α-hetero) is 1. The molecule has 6 rings (SSSR count). The zero-order valence-corrected chi connectivity index (χ0v) is 31.1. The number of aryl methyl sites for hydroxylation is 1. The number of carbonyl (C=O) groups excluding carboxylic acids is 1. The molecule has 0 saturated heterocycles. The second kappa shape index (κ2) is 17.1. The predicted octanol–water partition coefficient (Wildman–Crippen LogP) is 7.26. The molecular formula is C45H50N2O7. The molecule has 2 aromatic heterocycles. The first-order chi connectivity index (χ1) is 26.2. The summed E-state index contributed by atoms with van der Waals surface area (Å²) in [4.78, 5) is 20.7. The lowest BCUT2D eigenvalue weighted by molar-refractivity contribution is -0.134. The number of ether oxygens (including phenoxy) is 2. The Morgan fingerprint density at radius 3 is 2.17 bits per heavy atom. The van der Waals surface area contributed by atoms with Crippen molar-refractivity contribution in [2.24, 2.45) is 11.3 Å². The first kappa shape index (κ1) is 38.2. The van der Waals surface area contributed by atoms with E-state index in [1.807, 2.05) is 42.7 Å². The number of phenolic OH excluding ortho intramolecular Hbond substituents is 2. The number of aromatic hydroxyl groups is 2. The quantitative estimate of drug-likeness (QED) is 0.0546. The van der Waals surface area contributed by atoms with Crippen LogP contribution >= 0.6 is 0 Å². The Balaban J connectivity index is 1.36. The van der Waals surface area contributed by atoms with Crippen molar-refractivity contribution in [3.8, 4) is 23.0 Å². The van der Waals surface area contributed by atoms with E-state index in [0.717, 1.165) is 45.0 Å². The van der Waals surface area contributed by atoms with E-state index in [-0.39, 0.29) is 42.3 Å². The Morgan fingerprint density at radius 2 is 1.48 bits per heavy atom. The summed E-state index contributed by atoms with van der Waals surface area (Å²) < 4.78 is 11.2. The first-order valence-corrected chi connectivity index (χ1v) is 18.5. The predicted molar refractivity (Wildman–Crippen MR) is 210 cm³/mol. The van der Waals surface area contributed by atoms with Crippen LogP contribution in [0, 0.1) is 11.3 Å². The molecule has 54 heavy (non-hydrogen) atoms. The van der Waals surface area contributed by atoms with Gasteiger partial charge in [-0.2, -0.15) is 0 Å². The van der Waals surface area contributed by atoms with Crippen LogP contribution < -0.4 is 9.47 Å². The molecule has 0 bridgehead atoms. The van der Waals surface area contributed by atoms with Gasteiger partial charge in [-0.3, -0.25) is 4.79 Å². The highest BCUT2D eigenvalue weighted by Gasteiger charge is 2.40. The number of fused-ring (bicyclic) bond motifs is 1. The van der Waals surface area contributed by atoms with Gasteiger partial charge in [-0.1, -0.05) is 55.5 Å². The number of ketones is 1. The molecule has 6 N–H and O–H groups in total. The van der Waals surface area contributed by atoms with E-state index in [9.17, 15) is 25.2 Å². The van der Waals surface area contributed by atoms with Crippen LogP contribution in [0.2, 0.25) is 0 Å². The van der Waals surface area contributed by atoms with Crippen LogP contribution in [0.4, 0.5) is 0 Å². The highest BCUT2D eigenvalue weighted by atomic mass is 16.5. The zero-order chi connectivity index (χ0) is 38.2. The second-order valence-electron chi connectivity index (χ2n) is 14.3. The number of H-pyrrole nitrogens is 2. The normalized spacial score (nSPS) is 13.7. The molecule has 4 aromatic carbocycles. The van der Waals surface area contributed by atoms with Gasteiger partial charge in [0.15, 0.2) is 23.0 Å². The summed E-state index contributed by atoms with van der Waals surface area (Å²) >= 11 is 0. The van der Waals surface area contributed by atoms with E-state index in [0.29, 0.717) is 30.6 Å². The van der Waals surface area contributed by atoms with E-state index in [2.05, 4.69) is 41.2 Å². The molecule has 282 valence electrons. The van der Waals surface area contributed by atoms with Crippen LogP contribution in [-0.4, -0.2) is 63.1 Å². The van der Waals surface area contributed by atoms with Crippen LogP contribution in [0.15, 0.2) is 104 Å². The van der Waals surface area contributed by atoms with Crippen LogP contribution in [0.1, 0.15) is 52.3 Å². The largest absolute Gasteiger partial charge is 0.504 e. The minimum absolute atomic E-state index is 0.0209. The third-order valence-corrected chi connectivity index (χ3v) is 10.9. The van der Waals surface area contributed by atoms with Crippen LogP contribution in [0.5, 0.6) is 23.0 Å². The van der Waals surface area contributed by atoms with Gasteiger partial charge in [0.25, 0.3) is 0 Å². The molecule has 0 aliphatic heterocycles. The standard InChI is InChI=1S/C45H50N2O7/c1-4-32-10-11-33-7-5-6-8-36(33)37(32)22-38-34(12-14-40(50)44(38)54-3)21-35(19-30-15-17-46-26-30)41(51)23-43(52)45(28-48,25-31-16-18-47-27-31)24-29-9-13-39(49)42(20-29)53-2/h5-18,20,26-27,35,41,46-51H,4,19,21-25,28H2,1-3H3/t35-,41+,45+/m0/s1. The average Bonchev–Trinajstić information content (AvgIpc) is 3.91. The fourth-order valence-electron chi connectivity index (χ4n) is 7.90. The average molecular weight is 731 g/mol. The lowest BCUT2D eigenvalue weighted by Crippen LogP contribution is -2.42. The van der Waals surface area contributed by atoms with Crippen molar-refractivity contribution in [3.05, 3.63) is 143 Å². The third-order valence-electron chi connectivity index (χ3n) is 10.9. The molecule has 0 amide bonds. The van der Waals surface area contributed by atoms with Crippen molar-refractivity contribution in [2.45, 2.75) is 58.0 Å². The summed E-state index contributed by atoms with van der Waals surface area (Å²) in [7, 11) is 3.02. The Morgan fingerprint density at radius 1 is 0.778 bits per heavy atom. The Hall–Kier alpha value is -5.51. The number of hydrogen-bond donors (Lipinski definition) is 6. The Bertz CT molecular complexity index is 2160. The zero-order valence-electron chi connectivity index (χ0n) is 31.1. The van der Waals surface area contributed by atoms with Gasteiger partial charge in [0, 0.05) is 43.2 Å². The molecule has 0 spiro atoms. The summed E-state index contributed by atoms with van der Waals surface area (Å²) in [6, 6.07) is 24.9. The monoisotopic (exact) mass is 730 g/mol. The number of phenols is 2. The summed E-state index contributed by atoms with van der Waals surface area (Å²) in [5.41, 5.74) is 5.38. The SMILES string of the molecule is CCc1ccc2ccccc2c1Cc1c(C[C@H](Cc2cc[nH]c2)[C@H](O)CC(=O)[C@@](CO)(Cc2cc[nH]c2)Cc2ccc(O)c(OC)c2)ccc(O)c1OC. The number of hydrogen-bond acceptors (Lipinski definition) is 7. The summed E-state index contributed by atoms with van der Waals surface area (Å²) in [6.07, 6.45) is 8.68. The maximum Gasteiger partial charge on any atom is 0.164 e. The van der Waals surface area contributed by atoms with E-state index < -0.39 is 24.0 Å². The lowest BCUT2D eigenvalue weighted by atomic mass is 9.71. The third kappa shape index (κ3) is 8.33. The molecule has 0 saturated carbocycles. The van der Waals surface area contributed by atoms with Crippen LogP contribution in [0.3, 0.4) is 0 Å². The number of nitrogens with one attached hydrogen (secondary N) is 2. The first-order valence-electron chi connectivity index (χ1n) is 18.5. The molecule has 3 atom stereocenters. The number of aromatic amines is 2. The molecule has 0 unspecified atom stereocenters. The van der Waals surface area contributed by atoms with Gasteiger partial charge in [0.2, 0.25) is 0 Å². The summed E-state index contributed by atoms with van der Waals surface area (Å²) in [5.74, 6) is 0.00603. The van der Waals surface area contributed by atoms with E-state index >= 15 is 0 Å². The minimum atomic E-state index is -1.26. The fraction of sp³-hybridized carbons (Fsp3) is 0.311. The lowest BCUT2D eigenvalue weighted by Gasteiger charge is -2.33. The number of carbonyl (C=O) groups is 1. The van der Waals surface area contributed by atoms with Gasteiger partial charge >= 0.3 is 0 Å². The van der Waals surface area contributed by atoms with Gasteiger partial charge in [-0.25, -0.2) is 0 Å². The molecule has 0 aliphatic carbocycles. The molecule has 0 radical (unpaired) electrons. The molecule has 9 heteroatoms. The van der Waals surface area contributed by atoms with Gasteiger partial charge in [-0.05, 0) is 113 Å².